The van der Waals surface area contributed by atoms with E-state index in [2.05, 4.69) is 10.5 Å². The standard InChI is InChI=1S/C11H15N3O4S/c1-7(19(2,17)18)11(15)13-9-6-4-3-5-8(9)10(12)14-16/h3-7,16H,1-2H3,(H2,12,14)(H,13,15). The number of hydrogen-bond acceptors (Lipinski definition) is 5. The Hall–Kier alpha value is -2.09. The Balaban J connectivity index is 3.05. The highest BCUT2D eigenvalue weighted by molar-refractivity contribution is 7.92. The molecule has 0 saturated heterocycles. The van der Waals surface area contributed by atoms with Crippen LogP contribution in [0.3, 0.4) is 0 Å². The second kappa shape index (κ2) is 5.70. The van der Waals surface area contributed by atoms with Crippen molar-refractivity contribution in [3.8, 4) is 0 Å². The topological polar surface area (TPSA) is 122 Å². The molecule has 0 spiro atoms. The van der Waals surface area contributed by atoms with E-state index in [-0.39, 0.29) is 11.5 Å². The average molecular weight is 285 g/mol. The number of amidine groups is 1. The van der Waals surface area contributed by atoms with Crippen LogP contribution in [0.15, 0.2) is 29.4 Å². The van der Waals surface area contributed by atoms with Gasteiger partial charge in [0, 0.05) is 11.8 Å². The molecule has 1 unspecified atom stereocenters. The first-order valence-corrected chi connectivity index (χ1v) is 7.29. The summed E-state index contributed by atoms with van der Waals surface area (Å²) < 4.78 is 22.6. The van der Waals surface area contributed by atoms with Gasteiger partial charge in [0.15, 0.2) is 15.7 Å². The van der Waals surface area contributed by atoms with Crippen molar-refractivity contribution in [2.24, 2.45) is 10.9 Å². The summed E-state index contributed by atoms with van der Waals surface area (Å²) in [7, 11) is -3.48. The Kier molecular flexibility index (Phi) is 4.49. The summed E-state index contributed by atoms with van der Waals surface area (Å²) in [5.41, 5.74) is 6.04. The zero-order chi connectivity index (χ0) is 14.6. The van der Waals surface area contributed by atoms with Crippen LogP contribution in [0.25, 0.3) is 0 Å². The van der Waals surface area contributed by atoms with E-state index in [0.29, 0.717) is 5.56 Å². The van der Waals surface area contributed by atoms with Crippen LogP contribution >= 0.6 is 0 Å². The molecule has 0 aliphatic heterocycles. The van der Waals surface area contributed by atoms with Crippen LogP contribution < -0.4 is 11.1 Å². The highest BCUT2D eigenvalue weighted by Gasteiger charge is 2.24. The van der Waals surface area contributed by atoms with Gasteiger partial charge < -0.3 is 16.3 Å². The Labute approximate surface area is 111 Å². The predicted octanol–water partition coefficient (Wildman–Crippen LogP) is 0.153. The highest BCUT2D eigenvalue weighted by atomic mass is 32.2. The quantitative estimate of drug-likeness (QED) is 0.314. The average Bonchev–Trinajstić information content (AvgIpc) is 2.36. The molecule has 1 atom stereocenters. The van der Waals surface area contributed by atoms with E-state index in [1.54, 1.807) is 12.1 Å². The third-order valence-corrected chi connectivity index (χ3v) is 4.08. The number of oxime groups is 1. The van der Waals surface area contributed by atoms with Gasteiger partial charge in [-0.25, -0.2) is 8.42 Å². The minimum absolute atomic E-state index is 0.178. The zero-order valence-corrected chi connectivity index (χ0v) is 11.3. The molecular formula is C11H15N3O4S. The van der Waals surface area contributed by atoms with Gasteiger partial charge in [-0.15, -0.1) is 0 Å². The summed E-state index contributed by atoms with van der Waals surface area (Å²) in [6.45, 7) is 1.29. The van der Waals surface area contributed by atoms with Crippen molar-refractivity contribution in [1.82, 2.24) is 0 Å². The molecule has 1 aromatic carbocycles. The minimum atomic E-state index is -3.48. The van der Waals surface area contributed by atoms with E-state index >= 15 is 0 Å². The number of sulfone groups is 1. The molecule has 0 aliphatic carbocycles. The molecule has 0 heterocycles. The molecule has 0 aromatic heterocycles. The van der Waals surface area contributed by atoms with Gasteiger partial charge in [-0.2, -0.15) is 0 Å². The summed E-state index contributed by atoms with van der Waals surface area (Å²) in [4.78, 5) is 11.8. The van der Waals surface area contributed by atoms with Crippen LogP contribution in [0.5, 0.6) is 0 Å². The number of nitrogens with two attached hydrogens (primary N) is 1. The van der Waals surface area contributed by atoms with Gasteiger partial charge in [-0.3, -0.25) is 4.79 Å². The number of hydrogen-bond donors (Lipinski definition) is 3. The van der Waals surface area contributed by atoms with Crippen LogP contribution in [0, 0.1) is 0 Å². The van der Waals surface area contributed by atoms with Crippen molar-refractivity contribution in [2.75, 3.05) is 11.6 Å². The molecule has 0 bridgehead atoms. The van der Waals surface area contributed by atoms with E-state index in [9.17, 15) is 13.2 Å². The maximum absolute atomic E-state index is 11.8. The Morgan fingerprint density at radius 2 is 2.00 bits per heavy atom. The third-order valence-electron chi connectivity index (χ3n) is 2.58. The smallest absolute Gasteiger partial charge is 0.242 e. The number of amides is 1. The van der Waals surface area contributed by atoms with E-state index in [4.69, 9.17) is 10.9 Å². The van der Waals surface area contributed by atoms with Gasteiger partial charge in [0.1, 0.15) is 5.25 Å². The first-order chi connectivity index (χ1) is 8.77. The number of nitrogens with one attached hydrogen (secondary N) is 1. The summed E-state index contributed by atoms with van der Waals surface area (Å²) in [5, 5.41) is 12.7. The number of carbonyl (C=O) groups is 1. The summed E-state index contributed by atoms with van der Waals surface area (Å²) in [5.74, 6) is -0.858. The molecule has 0 aliphatic rings. The van der Waals surface area contributed by atoms with Gasteiger partial charge in [-0.1, -0.05) is 17.3 Å². The third kappa shape index (κ3) is 3.68. The molecule has 1 rings (SSSR count). The number of rotatable bonds is 4. The lowest BCUT2D eigenvalue weighted by molar-refractivity contribution is -0.115. The monoisotopic (exact) mass is 285 g/mol. The molecule has 19 heavy (non-hydrogen) atoms. The highest BCUT2D eigenvalue weighted by Crippen LogP contribution is 2.15. The van der Waals surface area contributed by atoms with Crippen LogP contribution in [0.4, 0.5) is 5.69 Å². The molecule has 0 fully saturated rings. The van der Waals surface area contributed by atoms with Crippen LogP contribution in [0.2, 0.25) is 0 Å². The number of nitrogens with zero attached hydrogens (tertiary/aromatic N) is 1. The van der Waals surface area contributed by atoms with Crippen molar-refractivity contribution in [3.63, 3.8) is 0 Å². The summed E-state index contributed by atoms with van der Waals surface area (Å²) >= 11 is 0. The van der Waals surface area contributed by atoms with Gasteiger partial charge in [0.05, 0.1) is 5.69 Å². The van der Waals surface area contributed by atoms with Crippen molar-refractivity contribution < 1.29 is 18.4 Å². The summed E-state index contributed by atoms with van der Waals surface area (Å²) in [6, 6.07) is 6.34. The molecule has 104 valence electrons. The number of anilines is 1. The molecule has 1 aromatic rings. The number of carbonyl (C=O) groups excluding carboxylic acids is 1. The van der Waals surface area contributed by atoms with Crippen LogP contribution in [-0.4, -0.2) is 36.9 Å². The lowest BCUT2D eigenvalue weighted by Gasteiger charge is -2.13. The SMILES string of the molecule is CC(C(=O)Nc1ccccc1/C(N)=N/O)S(C)(=O)=O. The molecule has 7 nitrogen and oxygen atoms in total. The zero-order valence-electron chi connectivity index (χ0n) is 10.5. The molecule has 1 amide bonds. The number of para-hydroxylation sites is 1. The van der Waals surface area contributed by atoms with Crippen molar-refractivity contribution >= 4 is 27.3 Å². The molecule has 4 N–H and O–H groups in total. The second-order valence-electron chi connectivity index (χ2n) is 3.99. The van der Waals surface area contributed by atoms with Crippen molar-refractivity contribution in [3.05, 3.63) is 29.8 Å². The largest absolute Gasteiger partial charge is 0.409 e. The minimum Gasteiger partial charge on any atom is -0.409 e. The predicted molar refractivity (Wildman–Crippen MR) is 71.9 cm³/mol. The first-order valence-electron chi connectivity index (χ1n) is 5.34. The molecular weight excluding hydrogens is 270 g/mol. The fraction of sp³-hybridized carbons (Fsp3) is 0.273. The van der Waals surface area contributed by atoms with E-state index < -0.39 is 21.0 Å². The Bertz CT molecular complexity index is 610. The van der Waals surface area contributed by atoms with Crippen molar-refractivity contribution in [1.29, 1.82) is 0 Å². The first kappa shape index (κ1) is 15.0. The van der Waals surface area contributed by atoms with Crippen LogP contribution in [-0.2, 0) is 14.6 Å². The van der Waals surface area contributed by atoms with Gasteiger partial charge in [0.25, 0.3) is 0 Å². The second-order valence-corrected chi connectivity index (χ2v) is 6.36. The Morgan fingerprint density at radius 3 is 2.53 bits per heavy atom. The fourth-order valence-electron chi connectivity index (χ4n) is 1.30. The lowest BCUT2D eigenvalue weighted by Crippen LogP contribution is -2.32. The van der Waals surface area contributed by atoms with Gasteiger partial charge in [0.2, 0.25) is 5.91 Å². The molecule has 8 heteroatoms. The van der Waals surface area contributed by atoms with E-state index in [0.717, 1.165) is 6.26 Å². The molecule has 0 radical (unpaired) electrons. The van der Waals surface area contributed by atoms with E-state index in [1.807, 2.05) is 0 Å². The van der Waals surface area contributed by atoms with Gasteiger partial charge in [-0.05, 0) is 19.1 Å². The normalized spacial score (nSPS) is 13.9. The number of benzene rings is 1. The van der Waals surface area contributed by atoms with Crippen molar-refractivity contribution in [2.45, 2.75) is 12.2 Å². The van der Waals surface area contributed by atoms with Gasteiger partial charge >= 0.3 is 0 Å². The maximum atomic E-state index is 11.8. The summed E-state index contributed by atoms with van der Waals surface area (Å²) in [6.07, 6.45) is 0.979. The molecule has 0 saturated carbocycles. The lowest BCUT2D eigenvalue weighted by atomic mass is 10.1. The fourth-order valence-corrected chi connectivity index (χ4v) is 1.75. The maximum Gasteiger partial charge on any atom is 0.242 e. The van der Waals surface area contributed by atoms with Crippen LogP contribution in [0.1, 0.15) is 12.5 Å². The van der Waals surface area contributed by atoms with E-state index in [1.165, 1.54) is 19.1 Å². The Morgan fingerprint density at radius 1 is 1.42 bits per heavy atom.